The van der Waals surface area contributed by atoms with E-state index < -0.39 is 13.2 Å². The first kappa shape index (κ1) is 18.8. The molecule has 1 aliphatic heterocycles. The topological polar surface area (TPSA) is 103 Å². The number of fused-ring (bicyclic) bond motifs is 2. The molecule has 0 fully saturated rings. The Labute approximate surface area is 170 Å². The lowest BCUT2D eigenvalue weighted by Crippen LogP contribution is -2.09. The van der Waals surface area contributed by atoms with Crippen LogP contribution in [-0.4, -0.2) is 43.1 Å². The molecule has 5 rings (SSSR count). The summed E-state index contributed by atoms with van der Waals surface area (Å²) in [5, 5.41) is 7.99. The molecule has 1 aliphatic rings. The fraction of sp³-hybridized carbons (Fsp3) is 0.200. The minimum atomic E-state index is -3.69. The second-order valence-electron chi connectivity index (χ2n) is 7.24. The van der Waals surface area contributed by atoms with Gasteiger partial charge in [-0.25, -0.2) is 19.0 Å². The van der Waals surface area contributed by atoms with Crippen molar-refractivity contribution in [2.45, 2.75) is 13.0 Å². The van der Waals surface area contributed by atoms with Gasteiger partial charge in [0.05, 0.1) is 30.3 Å². The average molecular weight is 425 g/mol. The van der Waals surface area contributed by atoms with Crippen molar-refractivity contribution < 1.29 is 18.6 Å². The Hall–Kier alpha value is -3.16. The van der Waals surface area contributed by atoms with Gasteiger partial charge in [-0.2, -0.15) is 0 Å². The van der Waals surface area contributed by atoms with Crippen LogP contribution in [0.1, 0.15) is 11.1 Å². The lowest BCUT2D eigenvalue weighted by atomic mass is 10.1. The summed E-state index contributed by atoms with van der Waals surface area (Å²) in [7, 11) is -3.69. The van der Waals surface area contributed by atoms with Gasteiger partial charge in [-0.3, -0.25) is 4.57 Å². The summed E-state index contributed by atoms with van der Waals surface area (Å²) in [5.74, 6) is 0.156. The minimum Gasteiger partial charge on any atom is -0.493 e. The normalized spacial score (nSPS) is 15.0. The van der Waals surface area contributed by atoms with E-state index in [-0.39, 0.29) is 5.30 Å². The highest BCUT2D eigenvalue weighted by Gasteiger charge is 2.20. The number of halogens is 1. The van der Waals surface area contributed by atoms with E-state index in [1.807, 2.05) is 12.1 Å². The van der Waals surface area contributed by atoms with E-state index >= 15 is 0 Å². The molecule has 0 aliphatic carbocycles. The molecule has 0 spiro atoms. The number of benzene rings is 2. The second kappa shape index (κ2) is 6.97. The maximum absolute atomic E-state index is 14.3. The third kappa shape index (κ3) is 3.36. The molecule has 152 valence electrons. The molecule has 4 aromatic rings. The van der Waals surface area contributed by atoms with Gasteiger partial charge in [0.1, 0.15) is 11.6 Å². The molecule has 0 amide bonds. The zero-order valence-electron chi connectivity index (χ0n) is 16.0. The van der Waals surface area contributed by atoms with Gasteiger partial charge in [0.15, 0.2) is 5.65 Å². The average Bonchev–Trinajstić information content (AvgIpc) is 3.33. The van der Waals surface area contributed by atoms with E-state index in [0.717, 1.165) is 30.0 Å². The maximum atomic E-state index is 14.3. The largest absolute Gasteiger partial charge is 0.493 e. The van der Waals surface area contributed by atoms with Crippen molar-refractivity contribution in [3.05, 3.63) is 59.5 Å². The summed E-state index contributed by atoms with van der Waals surface area (Å²) in [5.41, 5.74) is 3.92. The Kier molecular flexibility index (Phi) is 4.38. The van der Waals surface area contributed by atoms with Crippen LogP contribution in [0.25, 0.3) is 22.6 Å². The molecule has 1 atom stereocenters. The smallest absolute Gasteiger partial charge is 0.229 e. The predicted molar refractivity (Wildman–Crippen MR) is 109 cm³/mol. The van der Waals surface area contributed by atoms with Gasteiger partial charge in [-0.15, -0.1) is 5.10 Å². The van der Waals surface area contributed by atoms with Crippen LogP contribution in [0, 0.1) is 5.82 Å². The van der Waals surface area contributed by atoms with Crippen LogP contribution in [0.4, 0.5) is 4.39 Å². The number of hydrogen-bond donors (Lipinski definition) is 1. The minimum absolute atomic E-state index is 0.215. The van der Waals surface area contributed by atoms with Crippen LogP contribution < -0.4 is 10.0 Å². The van der Waals surface area contributed by atoms with Crippen molar-refractivity contribution in [2.24, 2.45) is 0 Å². The molecular weight excluding hydrogens is 408 g/mol. The van der Waals surface area contributed by atoms with Crippen LogP contribution in [0.3, 0.4) is 0 Å². The number of aromatic nitrogens is 5. The number of hydrogen-bond acceptors (Lipinski definition) is 6. The van der Waals surface area contributed by atoms with Crippen LogP contribution in [0.15, 0.2) is 42.6 Å². The fourth-order valence-electron chi connectivity index (χ4n) is 3.51. The molecule has 30 heavy (non-hydrogen) atoms. The maximum Gasteiger partial charge on any atom is 0.229 e. The summed E-state index contributed by atoms with van der Waals surface area (Å²) < 4.78 is 33.3. The van der Waals surface area contributed by atoms with E-state index in [4.69, 9.17) is 4.74 Å². The van der Waals surface area contributed by atoms with Gasteiger partial charge in [-0.05, 0) is 29.3 Å². The molecule has 1 unspecified atom stereocenters. The Morgan fingerprint density at radius 1 is 1.27 bits per heavy atom. The number of rotatable bonds is 4. The molecular formula is C20H17FN5O3P. The van der Waals surface area contributed by atoms with Crippen LogP contribution in [-0.2, 0) is 17.5 Å². The lowest BCUT2D eigenvalue weighted by Gasteiger charge is -2.09. The molecule has 10 heteroatoms. The van der Waals surface area contributed by atoms with Crippen LogP contribution in [0.2, 0.25) is 0 Å². The highest BCUT2D eigenvalue weighted by molar-refractivity contribution is 7.65. The van der Waals surface area contributed by atoms with Gasteiger partial charge in [0, 0.05) is 18.6 Å². The van der Waals surface area contributed by atoms with E-state index in [9.17, 15) is 13.8 Å². The highest BCUT2D eigenvalue weighted by Crippen LogP contribution is 2.35. The molecule has 2 aromatic carbocycles. The van der Waals surface area contributed by atoms with Gasteiger partial charge in [0.2, 0.25) is 13.0 Å². The van der Waals surface area contributed by atoms with Gasteiger partial charge in [-0.1, -0.05) is 23.4 Å². The van der Waals surface area contributed by atoms with Crippen molar-refractivity contribution >= 4 is 24.0 Å². The summed E-state index contributed by atoms with van der Waals surface area (Å²) in [6.45, 7) is 2.25. The first-order valence-corrected chi connectivity index (χ1v) is 11.4. The monoisotopic (exact) mass is 425 g/mol. The van der Waals surface area contributed by atoms with Crippen LogP contribution >= 0.6 is 7.37 Å². The molecule has 1 N–H and O–H groups in total. The van der Waals surface area contributed by atoms with E-state index in [0.29, 0.717) is 35.7 Å². The zero-order chi connectivity index (χ0) is 20.9. The van der Waals surface area contributed by atoms with Gasteiger partial charge in [0.25, 0.3) is 0 Å². The number of ether oxygens (including phenoxy) is 1. The second-order valence-corrected chi connectivity index (χ2v) is 9.48. The standard InChI is InChI=1S/C20H17FN5O3P/c1-30(27,28)18-5-3-13(9-15(18)21)16-10-22-19-20(23-16)26(25-24-19)11-12-2-4-17-14(8-12)6-7-29-17/h2-5,8-10H,6-7,11H2,1H3,(H,27,28). The fourth-order valence-corrected chi connectivity index (χ4v) is 4.33. The molecule has 8 nitrogen and oxygen atoms in total. The van der Waals surface area contributed by atoms with E-state index in [1.165, 1.54) is 18.3 Å². The van der Waals surface area contributed by atoms with Crippen molar-refractivity contribution in [1.82, 2.24) is 25.0 Å². The van der Waals surface area contributed by atoms with Gasteiger partial charge < -0.3 is 9.63 Å². The molecule has 2 aromatic heterocycles. The molecule has 0 saturated heterocycles. The molecule has 3 heterocycles. The first-order chi connectivity index (χ1) is 14.4. The Bertz CT molecular complexity index is 1330. The first-order valence-electron chi connectivity index (χ1n) is 9.30. The molecule has 0 saturated carbocycles. The van der Waals surface area contributed by atoms with Crippen molar-refractivity contribution in [2.75, 3.05) is 13.3 Å². The lowest BCUT2D eigenvalue weighted by molar-refractivity contribution is 0.357. The van der Waals surface area contributed by atoms with Crippen molar-refractivity contribution in [3.8, 4) is 17.0 Å². The summed E-state index contributed by atoms with van der Waals surface area (Å²) in [4.78, 5) is 18.5. The van der Waals surface area contributed by atoms with Crippen molar-refractivity contribution in [1.29, 1.82) is 0 Å². The third-order valence-electron chi connectivity index (χ3n) is 5.00. The van der Waals surface area contributed by atoms with Crippen LogP contribution in [0.5, 0.6) is 5.75 Å². The summed E-state index contributed by atoms with van der Waals surface area (Å²) in [6, 6.07) is 10.0. The highest BCUT2D eigenvalue weighted by atomic mass is 31.2. The zero-order valence-corrected chi connectivity index (χ0v) is 16.9. The van der Waals surface area contributed by atoms with E-state index in [2.05, 4.69) is 26.3 Å². The molecule has 0 bridgehead atoms. The SMILES string of the molecule is CP(=O)(O)c1ccc(-c2cnc3nnn(Cc4ccc5c(c4)CCO5)c3n2)cc1F. The number of nitrogens with zero attached hydrogens (tertiary/aromatic N) is 5. The Morgan fingerprint density at radius 3 is 2.93 bits per heavy atom. The van der Waals surface area contributed by atoms with Crippen molar-refractivity contribution in [3.63, 3.8) is 0 Å². The third-order valence-corrected chi connectivity index (χ3v) is 6.26. The van der Waals surface area contributed by atoms with E-state index in [1.54, 1.807) is 10.7 Å². The summed E-state index contributed by atoms with van der Waals surface area (Å²) >= 11 is 0. The Morgan fingerprint density at radius 2 is 2.13 bits per heavy atom. The Balaban J connectivity index is 1.50. The molecule has 0 radical (unpaired) electrons. The van der Waals surface area contributed by atoms with Gasteiger partial charge >= 0.3 is 0 Å². The predicted octanol–water partition coefficient (Wildman–Crippen LogP) is 2.54. The summed E-state index contributed by atoms with van der Waals surface area (Å²) in [6.07, 6.45) is 2.36. The quantitative estimate of drug-likeness (QED) is 0.501.